The van der Waals surface area contributed by atoms with Crippen molar-refractivity contribution in [1.82, 2.24) is 9.97 Å². The van der Waals surface area contributed by atoms with E-state index in [0.29, 0.717) is 18.2 Å². The molecular formula is C15H16ClN3O2. The molecular weight excluding hydrogens is 290 g/mol. The summed E-state index contributed by atoms with van der Waals surface area (Å²) in [6.07, 6.45) is 2.54. The van der Waals surface area contributed by atoms with Gasteiger partial charge in [-0.1, -0.05) is 11.6 Å². The van der Waals surface area contributed by atoms with Crippen LogP contribution < -0.4 is 4.90 Å². The van der Waals surface area contributed by atoms with E-state index in [1.807, 2.05) is 18.2 Å². The van der Waals surface area contributed by atoms with Crippen molar-refractivity contribution in [3.63, 3.8) is 0 Å². The number of rotatable bonds is 1. The summed E-state index contributed by atoms with van der Waals surface area (Å²) >= 11 is 6.04. The van der Waals surface area contributed by atoms with Gasteiger partial charge in [0.05, 0.1) is 25.3 Å². The zero-order chi connectivity index (χ0) is 14.3. The molecule has 21 heavy (non-hydrogen) atoms. The Balaban J connectivity index is 1.72. The van der Waals surface area contributed by atoms with Gasteiger partial charge in [-0.3, -0.25) is 0 Å². The van der Waals surface area contributed by atoms with Crippen LogP contribution in [0.3, 0.4) is 0 Å². The van der Waals surface area contributed by atoms with Crippen molar-refractivity contribution in [1.29, 1.82) is 0 Å². The van der Waals surface area contributed by atoms with Crippen LogP contribution in [0.4, 0.5) is 5.82 Å². The number of hydrogen-bond acceptors (Lipinski definition) is 5. The Labute approximate surface area is 127 Å². The van der Waals surface area contributed by atoms with Gasteiger partial charge in [0.15, 0.2) is 0 Å². The summed E-state index contributed by atoms with van der Waals surface area (Å²) in [6.45, 7) is 3.77. The van der Waals surface area contributed by atoms with Crippen LogP contribution in [-0.4, -0.2) is 48.5 Å². The maximum absolute atomic E-state index is 6.04. The summed E-state index contributed by atoms with van der Waals surface area (Å²) in [4.78, 5) is 11.1. The van der Waals surface area contributed by atoms with Crippen molar-refractivity contribution < 1.29 is 9.47 Å². The van der Waals surface area contributed by atoms with Crippen LogP contribution in [0.2, 0.25) is 5.02 Å². The van der Waals surface area contributed by atoms with Crippen molar-refractivity contribution in [3.8, 4) is 0 Å². The van der Waals surface area contributed by atoms with E-state index in [1.165, 1.54) is 0 Å². The maximum atomic E-state index is 6.04. The predicted octanol–water partition coefficient (Wildman–Crippen LogP) is 2.28. The van der Waals surface area contributed by atoms with E-state index in [2.05, 4.69) is 14.9 Å². The molecule has 3 heterocycles. The van der Waals surface area contributed by atoms with E-state index >= 15 is 0 Å². The molecule has 2 fully saturated rings. The third-order valence-electron chi connectivity index (χ3n) is 4.19. The van der Waals surface area contributed by atoms with E-state index in [-0.39, 0.29) is 5.60 Å². The van der Waals surface area contributed by atoms with Crippen LogP contribution in [0.1, 0.15) is 6.42 Å². The Morgan fingerprint density at radius 2 is 2.19 bits per heavy atom. The number of benzene rings is 1. The van der Waals surface area contributed by atoms with Crippen molar-refractivity contribution >= 4 is 28.3 Å². The summed E-state index contributed by atoms with van der Waals surface area (Å²) in [5.74, 6) is 0.950. The Morgan fingerprint density at radius 3 is 3.05 bits per heavy atom. The summed E-state index contributed by atoms with van der Waals surface area (Å²) in [6, 6.07) is 5.74. The number of fused-ring (bicyclic) bond motifs is 1. The molecule has 1 atom stereocenters. The standard InChI is InChI=1S/C15H16ClN3O2/c16-11-1-2-12-13(7-11)17-10-18-14(12)19-4-6-21-15(8-19)3-5-20-9-15/h1-2,7,10H,3-6,8-9H2. The normalized spacial score (nSPS) is 25.9. The second-order valence-corrected chi connectivity index (χ2v) is 6.05. The van der Waals surface area contributed by atoms with Gasteiger partial charge < -0.3 is 14.4 Å². The van der Waals surface area contributed by atoms with Crippen molar-refractivity contribution in [2.45, 2.75) is 12.0 Å². The first-order chi connectivity index (χ1) is 10.3. The number of halogens is 1. The zero-order valence-electron chi connectivity index (χ0n) is 11.6. The fourth-order valence-electron chi connectivity index (χ4n) is 3.12. The molecule has 0 saturated carbocycles. The highest BCUT2D eigenvalue weighted by atomic mass is 35.5. The molecule has 0 amide bonds. The molecule has 2 saturated heterocycles. The van der Waals surface area contributed by atoms with Gasteiger partial charge in [-0.15, -0.1) is 0 Å². The lowest BCUT2D eigenvalue weighted by Crippen LogP contribution is -2.52. The minimum atomic E-state index is -0.179. The van der Waals surface area contributed by atoms with Crippen molar-refractivity contribution in [3.05, 3.63) is 29.5 Å². The van der Waals surface area contributed by atoms with Crippen LogP contribution in [-0.2, 0) is 9.47 Å². The molecule has 110 valence electrons. The summed E-state index contributed by atoms with van der Waals surface area (Å²) < 4.78 is 11.5. The maximum Gasteiger partial charge on any atom is 0.140 e. The minimum absolute atomic E-state index is 0.179. The highest BCUT2D eigenvalue weighted by molar-refractivity contribution is 6.31. The van der Waals surface area contributed by atoms with Gasteiger partial charge in [0, 0.05) is 30.0 Å². The van der Waals surface area contributed by atoms with E-state index in [1.54, 1.807) is 6.33 Å². The summed E-state index contributed by atoms with van der Waals surface area (Å²) in [5.41, 5.74) is 0.692. The molecule has 2 aliphatic rings. The molecule has 0 N–H and O–H groups in total. The predicted molar refractivity (Wildman–Crippen MR) is 80.9 cm³/mol. The molecule has 2 aliphatic heterocycles. The van der Waals surface area contributed by atoms with Gasteiger partial charge in [0.2, 0.25) is 0 Å². The number of morpholine rings is 1. The third-order valence-corrected chi connectivity index (χ3v) is 4.43. The van der Waals surface area contributed by atoms with E-state index in [4.69, 9.17) is 21.1 Å². The van der Waals surface area contributed by atoms with Gasteiger partial charge in [-0.2, -0.15) is 0 Å². The smallest absolute Gasteiger partial charge is 0.140 e. The zero-order valence-corrected chi connectivity index (χ0v) is 12.3. The molecule has 5 nitrogen and oxygen atoms in total. The Kier molecular flexibility index (Phi) is 3.21. The lowest BCUT2D eigenvalue weighted by Gasteiger charge is -2.40. The molecule has 6 heteroatoms. The molecule has 0 bridgehead atoms. The van der Waals surface area contributed by atoms with Gasteiger partial charge in [-0.05, 0) is 18.2 Å². The summed E-state index contributed by atoms with van der Waals surface area (Å²) in [7, 11) is 0. The molecule has 1 spiro atoms. The monoisotopic (exact) mass is 305 g/mol. The van der Waals surface area contributed by atoms with Gasteiger partial charge in [0.25, 0.3) is 0 Å². The molecule has 1 aromatic carbocycles. The second kappa shape index (κ2) is 5.09. The van der Waals surface area contributed by atoms with Gasteiger partial charge >= 0.3 is 0 Å². The first-order valence-electron chi connectivity index (χ1n) is 7.13. The van der Waals surface area contributed by atoms with Gasteiger partial charge in [0.1, 0.15) is 17.7 Å². The molecule has 1 aromatic heterocycles. The van der Waals surface area contributed by atoms with E-state index in [0.717, 1.165) is 42.8 Å². The Morgan fingerprint density at radius 1 is 1.24 bits per heavy atom. The number of ether oxygens (including phenoxy) is 2. The van der Waals surface area contributed by atoms with Crippen LogP contribution in [0, 0.1) is 0 Å². The quantitative estimate of drug-likeness (QED) is 0.809. The average Bonchev–Trinajstić information content (AvgIpc) is 2.94. The molecule has 0 radical (unpaired) electrons. The minimum Gasteiger partial charge on any atom is -0.378 e. The number of nitrogens with zero attached hydrogens (tertiary/aromatic N) is 3. The molecule has 1 unspecified atom stereocenters. The topological polar surface area (TPSA) is 47.5 Å². The molecule has 4 rings (SSSR count). The first-order valence-corrected chi connectivity index (χ1v) is 7.51. The average molecular weight is 306 g/mol. The van der Waals surface area contributed by atoms with E-state index < -0.39 is 0 Å². The molecule has 2 aromatic rings. The van der Waals surface area contributed by atoms with Crippen LogP contribution in [0.15, 0.2) is 24.5 Å². The first kappa shape index (κ1) is 13.2. The van der Waals surface area contributed by atoms with Crippen molar-refractivity contribution in [2.75, 3.05) is 37.8 Å². The second-order valence-electron chi connectivity index (χ2n) is 5.61. The molecule has 0 aliphatic carbocycles. The number of aromatic nitrogens is 2. The van der Waals surface area contributed by atoms with Crippen molar-refractivity contribution in [2.24, 2.45) is 0 Å². The SMILES string of the molecule is Clc1ccc2c(N3CCOC4(CCOC4)C3)ncnc2c1. The largest absolute Gasteiger partial charge is 0.378 e. The fourth-order valence-corrected chi connectivity index (χ4v) is 3.29. The lowest BCUT2D eigenvalue weighted by atomic mass is 10.0. The Hall–Kier alpha value is -1.43. The lowest BCUT2D eigenvalue weighted by molar-refractivity contribution is -0.0580. The van der Waals surface area contributed by atoms with Crippen LogP contribution in [0.5, 0.6) is 0 Å². The number of hydrogen-bond donors (Lipinski definition) is 0. The Bertz CT molecular complexity index is 673. The van der Waals surface area contributed by atoms with Crippen LogP contribution >= 0.6 is 11.6 Å². The van der Waals surface area contributed by atoms with E-state index in [9.17, 15) is 0 Å². The summed E-state index contributed by atoms with van der Waals surface area (Å²) in [5, 5.41) is 1.72. The third kappa shape index (κ3) is 2.35. The van der Waals surface area contributed by atoms with Crippen LogP contribution in [0.25, 0.3) is 10.9 Å². The van der Waals surface area contributed by atoms with Gasteiger partial charge in [-0.25, -0.2) is 9.97 Å². The number of anilines is 1. The highest BCUT2D eigenvalue weighted by Crippen LogP contribution is 2.32. The highest BCUT2D eigenvalue weighted by Gasteiger charge is 2.41. The fraction of sp³-hybridized carbons (Fsp3) is 0.467.